The molecule has 0 aromatic heterocycles. The minimum Gasteiger partial charge on any atom is -0.383 e. The average Bonchev–Trinajstić information content (AvgIpc) is 1.85. The third-order valence-electron chi connectivity index (χ3n) is 1.06. The fourth-order valence-corrected chi connectivity index (χ4v) is 1.43. The first-order valence-electron chi connectivity index (χ1n) is 3.31. The molecule has 0 saturated carbocycles. The van der Waals surface area contributed by atoms with Gasteiger partial charge in [-0.15, -0.1) is 0 Å². The second kappa shape index (κ2) is 4.50. The summed E-state index contributed by atoms with van der Waals surface area (Å²) in [6.07, 6.45) is 1.89. The molecule has 1 atom stereocenters. The highest BCUT2D eigenvalue weighted by Crippen LogP contribution is 2.00. The van der Waals surface area contributed by atoms with Crippen LogP contribution in [0.3, 0.4) is 0 Å². The van der Waals surface area contributed by atoms with Crippen molar-refractivity contribution in [2.75, 3.05) is 19.8 Å². The Kier molecular flexibility index (Phi) is 4.36. The van der Waals surface area contributed by atoms with Crippen LogP contribution in [0.25, 0.3) is 0 Å². The van der Waals surface area contributed by atoms with Crippen molar-refractivity contribution in [3.8, 4) is 0 Å². The lowest BCUT2D eigenvalue weighted by Gasteiger charge is -2.06. The van der Waals surface area contributed by atoms with Crippen molar-refractivity contribution in [3.05, 3.63) is 11.1 Å². The van der Waals surface area contributed by atoms with E-state index in [4.69, 9.17) is 0 Å². The monoisotopic (exact) mass is 161 g/mol. The van der Waals surface area contributed by atoms with Crippen molar-refractivity contribution in [1.29, 1.82) is 0 Å². The van der Waals surface area contributed by atoms with Gasteiger partial charge in [0.05, 0.1) is 0 Å². The predicted molar refractivity (Wildman–Crippen MR) is 46.1 cm³/mol. The molecule has 2 nitrogen and oxygen atoms in total. The lowest BCUT2D eigenvalue weighted by Crippen LogP contribution is -2.05. The van der Waals surface area contributed by atoms with Crippen LogP contribution in [0.15, 0.2) is 11.1 Å². The van der Waals surface area contributed by atoms with E-state index in [9.17, 15) is 4.21 Å². The molecule has 3 heteroatoms. The van der Waals surface area contributed by atoms with Crippen LogP contribution in [-0.4, -0.2) is 29.0 Å². The summed E-state index contributed by atoms with van der Waals surface area (Å²) in [7, 11) is 3.08. The van der Waals surface area contributed by atoms with E-state index in [-0.39, 0.29) is 0 Å². The SMILES string of the molecule is CCS(=O)/C(C)=C/N(C)C. The van der Waals surface area contributed by atoms with Crippen molar-refractivity contribution >= 4 is 10.8 Å². The highest BCUT2D eigenvalue weighted by Gasteiger charge is 1.97. The van der Waals surface area contributed by atoms with Crippen LogP contribution in [0.5, 0.6) is 0 Å². The lowest BCUT2D eigenvalue weighted by molar-refractivity contribution is 0.561. The standard InChI is InChI=1S/C7H15NOS/c1-5-10(9)7(2)6-8(3)4/h6H,5H2,1-4H3/b7-6+. The molecule has 0 N–H and O–H groups in total. The zero-order valence-corrected chi connectivity index (χ0v) is 7.86. The summed E-state index contributed by atoms with van der Waals surface area (Å²) in [4.78, 5) is 2.84. The van der Waals surface area contributed by atoms with Crippen molar-refractivity contribution in [2.24, 2.45) is 0 Å². The van der Waals surface area contributed by atoms with E-state index in [1.165, 1.54) is 0 Å². The van der Waals surface area contributed by atoms with Gasteiger partial charge in [0.1, 0.15) is 0 Å². The van der Waals surface area contributed by atoms with Crippen molar-refractivity contribution in [1.82, 2.24) is 4.90 Å². The maximum Gasteiger partial charge on any atom is 0.0497 e. The molecule has 0 bridgehead atoms. The van der Waals surface area contributed by atoms with Crippen LogP contribution in [-0.2, 0) is 10.8 Å². The van der Waals surface area contributed by atoms with Gasteiger partial charge in [-0.25, -0.2) is 0 Å². The summed E-state index contributed by atoms with van der Waals surface area (Å²) >= 11 is 0. The van der Waals surface area contributed by atoms with E-state index in [1.54, 1.807) is 0 Å². The Labute approximate surface area is 65.4 Å². The lowest BCUT2D eigenvalue weighted by atomic mass is 10.6. The Morgan fingerprint density at radius 3 is 2.40 bits per heavy atom. The average molecular weight is 161 g/mol. The first-order chi connectivity index (χ1) is 4.57. The quantitative estimate of drug-likeness (QED) is 0.619. The number of hydrogen-bond acceptors (Lipinski definition) is 2. The molecule has 1 unspecified atom stereocenters. The Morgan fingerprint density at radius 2 is 2.10 bits per heavy atom. The molecular formula is C7H15NOS. The van der Waals surface area contributed by atoms with E-state index in [0.717, 1.165) is 4.91 Å². The molecule has 0 saturated heterocycles. The molecule has 10 heavy (non-hydrogen) atoms. The maximum absolute atomic E-state index is 11.1. The molecule has 0 amide bonds. The van der Waals surface area contributed by atoms with E-state index in [2.05, 4.69) is 0 Å². The number of nitrogens with zero attached hydrogens (tertiary/aromatic N) is 1. The van der Waals surface area contributed by atoms with Gasteiger partial charge in [0.25, 0.3) is 0 Å². The summed E-state index contributed by atoms with van der Waals surface area (Å²) in [5, 5.41) is 0. The van der Waals surface area contributed by atoms with Gasteiger partial charge in [-0.05, 0) is 6.92 Å². The third kappa shape index (κ3) is 3.67. The fraction of sp³-hybridized carbons (Fsp3) is 0.714. The summed E-state index contributed by atoms with van der Waals surface area (Å²) < 4.78 is 11.1. The van der Waals surface area contributed by atoms with Gasteiger partial charge in [0.15, 0.2) is 0 Å². The van der Waals surface area contributed by atoms with Crippen molar-refractivity contribution in [2.45, 2.75) is 13.8 Å². The zero-order chi connectivity index (χ0) is 8.15. The van der Waals surface area contributed by atoms with Crippen LogP contribution < -0.4 is 0 Å². The van der Waals surface area contributed by atoms with E-state index in [1.807, 2.05) is 39.0 Å². The largest absolute Gasteiger partial charge is 0.383 e. The first kappa shape index (κ1) is 9.69. The Bertz CT molecular complexity index is 152. The molecule has 0 aromatic rings. The van der Waals surface area contributed by atoms with Crippen LogP contribution in [0.2, 0.25) is 0 Å². The molecular weight excluding hydrogens is 146 g/mol. The fourth-order valence-electron chi connectivity index (χ4n) is 0.650. The van der Waals surface area contributed by atoms with Crippen LogP contribution in [0.1, 0.15) is 13.8 Å². The summed E-state index contributed by atoms with van der Waals surface area (Å²) in [5.41, 5.74) is 0. The van der Waals surface area contributed by atoms with Gasteiger partial charge in [0, 0.05) is 41.8 Å². The number of hydrogen-bond donors (Lipinski definition) is 0. The van der Waals surface area contributed by atoms with Gasteiger partial charge in [-0.3, -0.25) is 4.21 Å². The molecule has 60 valence electrons. The highest BCUT2D eigenvalue weighted by atomic mass is 32.2. The summed E-state index contributed by atoms with van der Waals surface area (Å²) in [6.45, 7) is 3.81. The Balaban J connectivity index is 4.05. The number of rotatable bonds is 3. The molecule has 0 aliphatic heterocycles. The van der Waals surface area contributed by atoms with Gasteiger partial charge in [-0.2, -0.15) is 0 Å². The normalized spacial score (nSPS) is 15.0. The van der Waals surface area contributed by atoms with Crippen LogP contribution in [0.4, 0.5) is 0 Å². The predicted octanol–water partition coefficient (Wildman–Crippen LogP) is 1.18. The van der Waals surface area contributed by atoms with E-state index < -0.39 is 10.8 Å². The number of allylic oxidation sites excluding steroid dienone is 1. The first-order valence-corrected chi connectivity index (χ1v) is 4.63. The van der Waals surface area contributed by atoms with Crippen molar-refractivity contribution < 1.29 is 4.21 Å². The van der Waals surface area contributed by atoms with E-state index >= 15 is 0 Å². The molecule has 0 radical (unpaired) electrons. The molecule has 0 aromatic carbocycles. The topological polar surface area (TPSA) is 20.3 Å². The Hall–Kier alpha value is -0.310. The molecule has 0 aliphatic carbocycles. The van der Waals surface area contributed by atoms with Crippen LogP contribution >= 0.6 is 0 Å². The molecule has 0 rings (SSSR count). The minimum absolute atomic E-state index is 0.705. The molecule has 0 heterocycles. The van der Waals surface area contributed by atoms with E-state index in [0.29, 0.717) is 5.75 Å². The minimum atomic E-state index is -0.773. The van der Waals surface area contributed by atoms with Gasteiger partial charge in [-0.1, -0.05) is 6.92 Å². The van der Waals surface area contributed by atoms with Gasteiger partial charge < -0.3 is 4.90 Å². The molecule has 0 aliphatic rings. The molecule has 0 spiro atoms. The Morgan fingerprint density at radius 1 is 1.60 bits per heavy atom. The van der Waals surface area contributed by atoms with Gasteiger partial charge >= 0.3 is 0 Å². The third-order valence-corrected chi connectivity index (χ3v) is 2.41. The second-order valence-electron chi connectivity index (χ2n) is 2.34. The smallest absolute Gasteiger partial charge is 0.0497 e. The van der Waals surface area contributed by atoms with Crippen molar-refractivity contribution in [3.63, 3.8) is 0 Å². The van der Waals surface area contributed by atoms with Gasteiger partial charge in [0.2, 0.25) is 0 Å². The van der Waals surface area contributed by atoms with Crippen LogP contribution in [0, 0.1) is 0 Å². The summed E-state index contributed by atoms with van der Waals surface area (Å²) in [5.74, 6) is 0.705. The highest BCUT2D eigenvalue weighted by molar-refractivity contribution is 7.88. The zero-order valence-electron chi connectivity index (χ0n) is 7.05. The molecule has 0 fully saturated rings. The maximum atomic E-state index is 11.1. The summed E-state index contributed by atoms with van der Waals surface area (Å²) in [6, 6.07) is 0. The second-order valence-corrected chi connectivity index (χ2v) is 4.25.